The van der Waals surface area contributed by atoms with Gasteiger partial charge >= 0.3 is 6.18 Å². The van der Waals surface area contributed by atoms with Crippen LogP contribution >= 0.6 is 11.6 Å². The fraction of sp³-hybridized carbons (Fsp3) is 0.333. The lowest BCUT2D eigenvalue weighted by molar-refractivity contribution is -0.137. The van der Waals surface area contributed by atoms with Gasteiger partial charge in [0, 0.05) is 18.1 Å². The molecule has 26 heavy (non-hydrogen) atoms. The van der Waals surface area contributed by atoms with E-state index in [-0.39, 0.29) is 19.7 Å². The summed E-state index contributed by atoms with van der Waals surface area (Å²) in [5.41, 5.74) is 5.63. The Labute approximate surface area is 154 Å². The highest BCUT2D eigenvalue weighted by atomic mass is 35.5. The molecule has 0 saturated carbocycles. The van der Waals surface area contributed by atoms with Crippen molar-refractivity contribution in [3.63, 3.8) is 0 Å². The summed E-state index contributed by atoms with van der Waals surface area (Å²) in [5.74, 6) is 0.539. The van der Waals surface area contributed by atoms with Crippen molar-refractivity contribution < 1.29 is 23.0 Å². The highest BCUT2D eigenvalue weighted by Crippen LogP contribution is 2.29. The molecule has 2 aromatic rings. The number of aliphatic hydroxyl groups is 1. The molecule has 0 amide bonds. The number of hydrogen-bond donors (Lipinski definition) is 3. The van der Waals surface area contributed by atoms with Gasteiger partial charge in [-0.25, -0.2) is 0 Å². The number of rotatable bonds is 8. The van der Waals surface area contributed by atoms with E-state index < -0.39 is 23.9 Å². The number of nitrogens with one attached hydrogen (secondary N) is 1. The average molecular weight is 389 g/mol. The molecule has 2 aromatic carbocycles. The van der Waals surface area contributed by atoms with Gasteiger partial charge in [0.1, 0.15) is 12.4 Å². The molecular weight excluding hydrogens is 369 g/mol. The molecule has 0 radical (unpaired) electrons. The van der Waals surface area contributed by atoms with E-state index >= 15 is 0 Å². The third kappa shape index (κ3) is 6.49. The van der Waals surface area contributed by atoms with Crippen LogP contribution in [0.2, 0.25) is 5.02 Å². The standard InChI is InChI=1S/C18H20ClF3N2O2/c19-14-5-2-6-15(8-14)26-11-16(23)17(25)10-24-9-12-3-1-4-13(7-12)18(20,21)22/h1-8,16-17,24-25H,9-11,23H2/t16-,17+/m0/s1. The number of alkyl halides is 3. The van der Waals surface area contributed by atoms with Crippen molar-refractivity contribution in [2.45, 2.75) is 24.9 Å². The van der Waals surface area contributed by atoms with Crippen molar-refractivity contribution in [2.75, 3.05) is 13.2 Å². The quantitative estimate of drug-likeness (QED) is 0.649. The van der Waals surface area contributed by atoms with Crippen LogP contribution in [0.5, 0.6) is 5.75 Å². The van der Waals surface area contributed by atoms with E-state index in [4.69, 9.17) is 22.1 Å². The zero-order chi connectivity index (χ0) is 19.2. The lowest BCUT2D eigenvalue weighted by Gasteiger charge is -2.20. The maximum Gasteiger partial charge on any atom is 0.416 e. The van der Waals surface area contributed by atoms with Crippen LogP contribution in [0.1, 0.15) is 11.1 Å². The van der Waals surface area contributed by atoms with Crippen LogP contribution < -0.4 is 15.8 Å². The molecule has 4 nitrogen and oxygen atoms in total. The van der Waals surface area contributed by atoms with Gasteiger partial charge in [-0.1, -0.05) is 35.9 Å². The molecule has 4 N–H and O–H groups in total. The summed E-state index contributed by atoms with van der Waals surface area (Å²) in [6.45, 7) is 0.381. The fourth-order valence-corrected chi connectivity index (χ4v) is 2.41. The highest BCUT2D eigenvalue weighted by Gasteiger charge is 2.30. The van der Waals surface area contributed by atoms with E-state index in [1.807, 2.05) is 0 Å². The molecule has 142 valence electrons. The number of aliphatic hydroxyl groups excluding tert-OH is 1. The second-order valence-corrected chi connectivity index (χ2v) is 6.27. The first kappa shape index (κ1) is 20.5. The van der Waals surface area contributed by atoms with Crippen LogP contribution in [0.15, 0.2) is 48.5 Å². The Morgan fingerprint density at radius 1 is 1.15 bits per heavy atom. The van der Waals surface area contributed by atoms with Gasteiger partial charge in [0.05, 0.1) is 17.7 Å². The van der Waals surface area contributed by atoms with Gasteiger partial charge in [-0.2, -0.15) is 13.2 Å². The number of hydrogen-bond acceptors (Lipinski definition) is 4. The van der Waals surface area contributed by atoms with Gasteiger partial charge in [0.25, 0.3) is 0 Å². The SMILES string of the molecule is N[C@@H](COc1cccc(Cl)c1)[C@H](O)CNCc1cccc(C(F)(F)F)c1. The summed E-state index contributed by atoms with van der Waals surface area (Å²) in [6, 6.07) is 11.1. The lowest BCUT2D eigenvalue weighted by atomic mass is 10.1. The van der Waals surface area contributed by atoms with Crippen molar-refractivity contribution >= 4 is 11.6 Å². The highest BCUT2D eigenvalue weighted by molar-refractivity contribution is 6.30. The van der Waals surface area contributed by atoms with Crippen molar-refractivity contribution in [3.05, 3.63) is 64.7 Å². The van der Waals surface area contributed by atoms with Gasteiger partial charge < -0.3 is 20.9 Å². The van der Waals surface area contributed by atoms with Crippen LogP contribution in [0.25, 0.3) is 0 Å². The molecule has 0 spiro atoms. The Morgan fingerprint density at radius 2 is 1.88 bits per heavy atom. The third-order valence-electron chi connectivity index (χ3n) is 3.67. The minimum Gasteiger partial charge on any atom is -0.492 e. The molecule has 0 heterocycles. The van der Waals surface area contributed by atoms with Crippen LogP contribution in [0.3, 0.4) is 0 Å². The van der Waals surface area contributed by atoms with E-state index in [2.05, 4.69) is 5.32 Å². The minimum atomic E-state index is -4.38. The van der Waals surface area contributed by atoms with E-state index in [1.165, 1.54) is 6.07 Å². The molecule has 0 aliphatic rings. The molecule has 0 fully saturated rings. The zero-order valence-electron chi connectivity index (χ0n) is 13.8. The molecule has 2 rings (SSSR count). The van der Waals surface area contributed by atoms with Gasteiger partial charge in [-0.3, -0.25) is 0 Å². The average Bonchev–Trinajstić information content (AvgIpc) is 2.59. The largest absolute Gasteiger partial charge is 0.492 e. The van der Waals surface area contributed by atoms with Gasteiger partial charge in [-0.15, -0.1) is 0 Å². The lowest BCUT2D eigenvalue weighted by Crippen LogP contribution is -2.45. The summed E-state index contributed by atoms with van der Waals surface area (Å²) in [5, 5.41) is 13.5. The topological polar surface area (TPSA) is 67.5 Å². The molecule has 0 aromatic heterocycles. The minimum absolute atomic E-state index is 0.0761. The second-order valence-electron chi connectivity index (χ2n) is 5.83. The number of nitrogens with two attached hydrogens (primary N) is 1. The summed E-state index contributed by atoms with van der Waals surface area (Å²) >= 11 is 5.85. The van der Waals surface area contributed by atoms with E-state index in [0.29, 0.717) is 16.3 Å². The normalized spacial score (nSPS) is 14.1. The van der Waals surface area contributed by atoms with Gasteiger partial charge in [-0.05, 0) is 29.8 Å². The Bertz CT molecular complexity index is 713. The predicted molar refractivity (Wildman–Crippen MR) is 94.1 cm³/mol. The smallest absolute Gasteiger partial charge is 0.416 e. The van der Waals surface area contributed by atoms with Crippen LogP contribution in [0, 0.1) is 0 Å². The Balaban J connectivity index is 1.76. The van der Waals surface area contributed by atoms with Crippen LogP contribution in [-0.2, 0) is 12.7 Å². The second kappa shape index (κ2) is 9.23. The van der Waals surface area contributed by atoms with E-state index in [9.17, 15) is 18.3 Å². The molecule has 0 bridgehead atoms. The van der Waals surface area contributed by atoms with Gasteiger partial charge in [0.15, 0.2) is 0 Å². The first-order chi connectivity index (χ1) is 12.3. The Morgan fingerprint density at radius 3 is 2.58 bits per heavy atom. The van der Waals surface area contributed by atoms with Crippen LogP contribution in [0.4, 0.5) is 13.2 Å². The third-order valence-corrected chi connectivity index (χ3v) is 3.90. The van der Waals surface area contributed by atoms with Crippen molar-refractivity contribution in [1.82, 2.24) is 5.32 Å². The molecular formula is C18H20ClF3N2O2. The molecule has 8 heteroatoms. The maximum absolute atomic E-state index is 12.7. The summed E-state index contributed by atoms with van der Waals surface area (Å²) in [6.07, 6.45) is -5.30. The number of halogens is 4. The maximum atomic E-state index is 12.7. The Kier molecular flexibility index (Phi) is 7.28. The first-order valence-electron chi connectivity index (χ1n) is 7.94. The first-order valence-corrected chi connectivity index (χ1v) is 8.32. The van der Waals surface area contributed by atoms with Crippen LogP contribution in [-0.4, -0.2) is 30.4 Å². The van der Waals surface area contributed by atoms with Crippen molar-refractivity contribution in [3.8, 4) is 5.75 Å². The van der Waals surface area contributed by atoms with Crippen molar-refractivity contribution in [2.24, 2.45) is 5.73 Å². The van der Waals surface area contributed by atoms with E-state index in [0.717, 1.165) is 12.1 Å². The number of ether oxygens (including phenoxy) is 1. The predicted octanol–water partition coefficient (Wildman–Crippen LogP) is 3.22. The molecule has 0 aliphatic carbocycles. The fourth-order valence-electron chi connectivity index (χ4n) is 2.23. The summed E-state index contributed by atoms with van der Waals surface area (Å²) in [4.78, 5) is 0. The summed E-state index contributed by atoms with van der Waals surface area (Å²) in [7, 11) is 0. The molecule has 0 unspecified atom stereocenters. The molecule has 0 saturated heterocycles. The molecule has 0 aliphatic heterocycles. The zero-order valence-corrected chi connectivity index (χ0v) is 14.6. The van der Waals surface area contributed by atoms with Crippen molar-refractivity contribution in [1.29, 1.82) is 0 Å². The molecule has 2 atom stereocenters. The summed E-state index contributed by atoms with van der Waals surface area (Å²) < 4.78 is 43.5. The Hall–Kier alpha value is -1.80. The number of benzene rings is 2. The van der Waals surface area contributed by atoms with E-state index in [1.54, 1.807) is 30.3 Å². The monoisotopic (exact) mass is 388 g/mol. The van der Waals surface area contributed by atoms with Gasteiger partial charge in [0.2, 0.25) is 0 Å².